The Morgan fingerprint density at radius 1 is 1.18 bits per heavy atom. The zero-order valence-corrected chi connectivity index (χ0v) is 15.9. The highest BCUT2D eigenvalue weighted by Crippen LogP contribution is 2.32. The summed E-state index contributed by atoms with van der Waals surface area (Å²) in [4.78, 5) is 23.4. The predicted octanol–water partition coefficient (Wildman–Crippen LogP) is 4.81. The molecule has 1 amide bonds. The van der Waals surface area contributed by atoms with Crippen molar-refractivity contribution in [2.45, 2.75) is 32.9 Å². The van der Waals surface area contributed by atoms with Gasteiger partial charge in [0.1, 0.15) is 23.1 Å². The van der Waals surface area contributed by atoms with Crippen molar-refractivity contribution < 1.29 is 28.7 Å². The van der Waals surface area contributed by atoms with E-state index in [0.29, 0.717) is 0 Å². The van der Waals surface area contributed by atoms with Crippen LogP contribution in [0, 0.1) is 15.9 Å². The van der Waals surface area contributed by atoms with E-state index in [1.165, 1.54) is 37.4 Å². The van der Waals surface area contributed by atoms with Crippen LogP contribution in [0.5, 0.6) is 17.2 Å². The summed E-state index contributed by atoms with van der Waals surface area (Å²) in [5.74, 6) is 0.0262. The topological polar surface area (TPSA) is 102 Å². The van der Waals surface area contributed by atoms with Crippen molar-refractivity contribution in [3.63, 3.8) is 0 Å². The number of methoxy groups -OCH3 is 1. The van der Waals surface area contributed by atoms with Crippen molar-refractivity contribution in [2.75, 3.05) is 7.11 Å². The summed E-state index contributed by atoms with van der Waals surface area (Å²) >= 11 is 0. The molecule has 1 N–H and O–H groups in total. The number of ether oxygens (including phenoxy) is 2. The molecular weight excluding hydrogens is 371 g/mol. The van der Waals surface area contributed by atoms with E-state index in [0.717, 1.165) is 11.0 Å². The van der Waals surface area contributed by atoms with Crippen LogP contribution < -0.4 is 9.47 Å². The molecule has 0 aliphatic heterocycles. The van der Waals surface area contributed by atoms with Gasteiger partial charge in [0.25, 0.3) is 5.69 Å². The van der Waals surface area contributed by atoms with Crippen LogP contribution in [0.4, 0.5) is 14.9 Å². The first kappa shape index (κ1) is 20.9. The highest BCUT2D eigenvalue weighted by molar-refractivity contribution is 5.66. The summed E-state index contributed by atoms with van der Waals surface area (Å²) in [6.07, 6.45) is -1.21. The third-order valence-electron chi connectivity index (χ3n) is 3.93. The second-order valence-electron chi connectivity index (χ2n) is 7.02. The van der Waals surface area contributed by atoms with Crippen LogP contribution in [0.2, 0.25) is 0 Å². The van der Waals surface area contributed by atoms with Crippen LogP contribution in [0.3, 0.4) is 0 Å². The molecule has 0 aromatic heterocycles. The largest absolute Gasteiger partial charge is 0.497 e. The zero-order valence-electron chi connectivity index (χ0n) is 15.9. The van der Waals surface area contributed by atoms with E-state index in [1.54, 1.807) is 20.8 Å². The number of nitrogens with zero attached hydrogens (tertiary/aromatic N) is 2. The number of carbonyl (C=O) groups is 1. The van der Waals surface area contributed by atoms with Crippen molar-refractivity contribution in [1.29, 1.82) is 0 Å². The van der Waals surface area contributed by atoms with Gasteiger partial charge in [-0.1, -0.05) is 0 Å². The Morgan fingerprint density at radius 2 is 1.82 bits per heavy atom. The lowest BCUT2D eigenvalue weighted by Gasteiger charge is -2.33. The first-order valence-corrected chi connectivity index (χ1v) is 8.31. The summed E-state index contributed by atoms with van der Waals surface area (Å²) in [6.45, 7) is 4.85. The molecule has 0 fully saturated rings. The molecule has 2 aromatic rings. The molecule has 8 nitrogen and oxygen atoms in total. The molecule has 0 aliphatic rings. The van der Waals surface area contributed by atoms with Crippen molar-refractivity contribution in [3.05, 3.63) is 57.9 Å². The summed E-state index contributed by atoms with van der Waals surface area (Å²) < 4.78 is 24.2. The lowest BCUT2D eigenvalue weighted by molar-refractivity contribution is -0.385. The number of rotatable bonds is 6. The Hall–Kier alpha value is -3.36. The van der Waals surface area contributed by atoms with E-state index in [4.69, 9.17) is 9.47 Å². The Bertz CT molecular complexity index is 894. The van der Waals surface area contributed by atoms with Gasteiger partial charge >= 0.3 is 6.09 Å². The molecule has 0 saturated heterocycles. The Morgan fingerprint density at radius 3 is 2.36 bits per heavy atom. The molecular formula is C19H21FN2O6. The normalized spacial score (nSPS) is 11.0. The molecule has 0 aliphatic carbocycles. The molecule has 0 atom stereocenters. The lowest BCUT2D eigenvalue weighted by Crippen LogP contribution is -2.44. The molecule has 0 spiro atoms. The van der Waals surface area contributed by atoms with Crippen molar-refractivity contribution in [1.82, 2.24) is 4.90 Å². The quantitative estimate of drug-likeness (QED) is 0.559. The summed E-state index contributed by atoms with van der Waals surface area (Å²) in [5.41, 5.74) is -0.852. The van der Waals surface area contributed by atoms with E-state index < -0.39 is 22.4 Å². The smallest absolute Gasteiger partial charge is 0.408 e. The number of hydrogen-bond acceptors (Lipinski definition) is 5. The van der Waals surface area contributed by atoms with Gasteiger partial charge in [-0.2, -0.15) is 0 Å². The Labute approximate surface area is 161 Å². The van der Waals surface area contributed by atoms with Crippen LogP contribution in [-0.2, 0) is 6.54 Å². The molecule has 0 unspecified atom stereocenters. The Balaban J connectivity index is 2.41. The van der Waals surface area contributed by atoms with Gasteiger partial charge in [-0.15, -0.1) is 0 Å². The molecule has 2 rings (SSSR count). The fraction of sp³-hybridized carbons (Fsp3) is 0.316. The predicted molar refractivity (Wildman–Crippen MR) is 99.4 cm³/mol. The van der Waals surface area contributed by atoms with Crippen LogP contribution in [0.25, 0.3) is 0 Å². The SMILES string of the molecule is COc1cc(F)cc(Oc2ccc([N+](=O)[O-])c(CN(C(=O)O)C(C)(C)C)c2)c1. The minimum Gasteiger partial charge on any atom is -0.497 e. The maximum absolute atomic E-state index is 13.6. The van der Waals surface area contributed by atoms with Crippen molar-refractivity contribution in [2.24, 2.45) is 0 Å². The van der Waals surface area contributed by atoms with E-state index in [9.17, 15) is 24.4 Å². The number of benzene rings is 2. The number of halogens is 1. The second-order valence-corrected chi connectivity index (χ2v) is 7.02. The van der Waals surface area contributed by atoms with Crippen molar-refractivity contribution >= 4 is 11.8 Å². The second kappa shape index (κ2) is 8.12. The molecule has 9 heteroatoms. The number of hydrogen-bond donors (Lipinski definition) is 1. The summed E-state index contributed by atoms with van der Waals surface area (Å²) in [5, 5.41) is 20.8. The summed E-state index contributed by atoms with van der Waals surface area (Å²) in [7, 11) is 1.38. The van der Waals surface area contributed by atoms with Crippen molar-refractivity contribution in [3.8, 4) is 17.2 Å². The van der Waals surface area contributed by atoms with Crippen LogP contribution in [0.15, 0.2) is 36.4 Å². The third-order valence-corrected chi connectivity index (χ3v) is 3.93. The van der Waals surface area contributed by atoms with E-state index in [1.807, 2.05) is 0 Å². The van der Waals surface area contributed by atoms with Crippen LogP contribution in [0.1, 0.15) is 26.3 Å². The molecule has 2 aromatic carbocycles. The highest BCUT2D eigenvalue weighted by atomic mass is 19.1. The fourth-order valence-electron chi connectivity index (χ4n) is 2.54. The fourth-order valence-corrected chi connectivity index (χ4v) is 2.54. The van der Waals surface area contributed by atoms with Gasteiger partial charge in [0.2, 0.25) is 0 Å². The lowest BCUT2D eigenvalue weighted by atomic mass is 10.0. The van der Waals surface area contributed by atoms with Gasteiger partial charge < -0.3 is 14.6 Å². The molecule has 150 valence electrons. The van der Waals surface area contributed by atoms with Gasteiger partial charge in [0.05, 0.1) is 24.1 Å². The van der Waals surface area contributed by atoms with Gasteiger partial charge in [-0.25, -0.2) is 9.18 Å². The van der Waals surface area contributed by atoms with Gasteiger partial charge in [0.15, 0.2) is 0 Å². The zero-order chi connectivity index (χ0) is 21.1. The number of carboxylic acid groups (broad SMARTS) is 1. The average molecular weight is 392 g/mol. The maximum atomic E-state index is 13.6. The average Bonchev–Trinajstić information content (AvgIpc) is 2.57. The maximum Gasteiger partial charge on any atom is 0.408 e. The number of amides is 1. The first-order chi connectivity index (χ1) is 13.0. The van der Waals surface area contributed by atoms with Gasteiger partial charge in [-0.05, 0) is 32.9 Å². The third kappa shape index (κ3) is 5.09. The molecule has 0 radical (unpaired) electrons. The van der Waals surface area contributed by atoms with Gasteiger partial charge in [-0.3, -0.25) is 15.0 Å². The summed E-state index contributed by atoms with van der Waals surface area (Å²) in [6, 6.07) is 7.75. The standard InChI is InChI=1S/C19H21FN2O6/c1-19(2,3)21(18(23)24)11-12-7-14(5-6-17(12)22(25)26)28-16-9-13(20)8-15(10-16)27-4/h5-10H,11H2,1-4H3,(H,23,24). The minimum absolute atomic E-state index is 0.141. The molecule has 0 saturated carbocycles. The molecule has 0 heterocycles. The Kier molecular flexibility index (Phi) is 6.07. The van der Waals surface area contributed by atoms with Gasteiger partial charge in [0, 0.05) is 29.8 Å². The monoisotopic (exact) mass is 392 g/mol. The number of nitro groups is 1. The molecule has 28 heavy (non-hydrogen) atoms. The number of nitro benzene ring substituents is 1. The van der Waals surface area contributed by atoms with E-state index in [-0.39, 0.29) is 35.0 Å². The highest BCUT2D eigenvalue weighted by Gasteiger charge is 2.29. The van der Waals surface area contributed by atoms with Crippen LogP contribution in [-0.4, -0.2) is 33.7 Å². The molecule has 0 bridgehead atoms. The van der Waals surface area contributed by atoms with Crippen LogP contribution >= 0.6 is 0 Å². The van der Waals surface area contributed by atoms with E-state index >= 15 is 0 Å². The first-order valence-electron chi connectivity index (χ1n) is 8.31. The minimum atomic E-state index is -1.21. The van der Waals surface area contributed by atoms with E-state index in [2.05, 4.69) is 0 Å².